The smallest absolute Gasteiger partial charge is 0.341 e. The zero-order valence-corrected chi connectivity index (χ0v) is 20.9. The molecule has 0 saturated heterocycles. The number of rotatable bonds is 8. The SMILES string of the molecule is COC(=O)c1c(NC(=O)C(C#N)=Cc2ccc(OCc3ccccc3)c(OC)c2)sc2c1CCCC2. The molecule has 0 unspecified atom stereocenters. The fourth-order valence-electron chi connectivity index (χ4n) is 4.09. The van der Waals surface area contributed by atoms with Crippen LogP contribution < -0.4 is 14.8 Å². The van der Waals surface area contributed by atoms with Crippen molar-refractivity contribution in [2.24, 2.45) is 0 Å². The van der Waals surface area contributed by atoms with Gasteiger partial charge in [-0.3, -0.25) is 4.79 Å². The van der Waals surface area contributed by atoms with E-state index < -0.39 is 11.9 Å². The van der Waals surface area contributed by atoms with E-state index >= 15 is 0 Å². The molecule has 1 aromatic heterocycles. The number of anilines is 1. The first kappa shape index (κ1) is 25.0. The van der Waals surface area contributed by atoms with Crippen molar-refractivity contribution in [2.45, 2.75) is 32.3 Å². The Morgan fingerprint density at radius 2 is 1.86 bits per heavy atom. The van der Waals surface area contributed by atoms with Crippen molar-refractivity contribution >= 4 is 34.3 Å². The van der Waals surface area contributed by atoms with Crippen LogP contribution in [0.3, 0.4) is 0 Å². The highest BCUT2D eigenvalue weighted by Gasteiger charge is 2.27. The van der Waals surface area contributed by atoms with E-state index in [9.17, 15) is 14.9 Å². The Balaban J connectivity index is 1.54. The van der Waals surface area contributed by atoms with Gasteiger partial charge in [-0.25, -0.2) is 4.79 Å². The van der Waals surface area contributed by atoms with Crippen LogP contribution in [0, 0.1) is 11.3 Å². The van der Waals surface area contributed by atoms with Gasteiger partial charge in [-0.05, 0) is 60.6 Å². The molecule has 1 amide bonds. The molecule has 0 radical (unpaired) electrons. The molecule has 2 aromatic carbocycles. The van der Waals surface area contributed by atoms with E-state index in [1.807, 2.05) is 36.4 Å². The van der Waals surface area contributed by atoms with Crippen LogP contribution in [0.4, 0.5) is 5.00 Å². The van der Waals surface area contributed by atoms with Gasteiger partial charge in [0.2, 0.25) is 0 Å². The molecule has 3 aromatic rings. The lowest BCUT2D eigenvalue weighted by Crippen LogP contribution is -2.16. The Hall–Kier alpha value is -4.09. The normalized spacial score (nSPS) is 12.8. The van der Waals surface area contributed by atoms with Crippen LogP contribution in [-0.2, 0) is 29.0 Å². The molecule has 1 heterocycles. The van der Waals surface area contributed by atoms with Crippen LogP contribution >= 0.6 is 11.3 Å². The first-order valence-electron chi connectivity index (χ1n) is 11.5. The first-order valence-corrected chi connectivity index (χ1v) is 12.4. The number of nitrogens with zero attached hydrogens (tertiary/aromatic N) is 1. The van der Waals surface area contributed by atoms with E-state index in [1.165, 1.54) is 31.6 Å². The summed E-state index contributed by atoms with van der Waals surface area (Å²) in [5.41, 5.74) is 2.85. The van der Waals surface area contributed by atoms with Crippen LogP contribution in [0.5, 0.6) is 11.5 Å². The van der Waals surface area contributed by atoms with Crippen LogP contribution in [-0.4, -0.2) is 26.1 Å². The van der Waals surface area contributed by atoms with Gasteiger partial charge < -0.3 is 19.5 Å². The Kier molecular flexibility index (Phi) is 8.03. The lowest BCUT2D eigenvalue weighted by Gasteiger charge is -2.12. The number of hydrogen-bond acceptors (Lipinski definition) is 7. The Morgan fingerprint density at radius 1 is 1.08 bits per heavy atom. The highest BCUT2D eigenvalue weighted by molar-refractivity contribution is 7.17. The topological polar surface area (TPSA) is 97.7 Å². The third-order valence-electron chi connectivity index (χ3n) is 5.89. The largest absolute Gasteiger partial charge is 0.493 e. The number of thiophene rings is 1. The second-order valence-electron chi connectivity index (χ2n) is 8.22. The number of benzene rings is 2. The molecule has 0 aliphatic heterocycles. The summed E-state index contributed by atoms with van der Waals surface area (Å²) >= 11 is 1.37. The number of methoxy groups -OCH3 is 2. The van der Waals surface area contributed by atoms with Gasteiger partial charge >= 0.3 is 5.97 Å². The number of hydrogen-bond donors (Lipinski definition) is 1. The number of aryl methyl sites for hydroxylation is 1. The fraction of sp³-hybridized carbons (Fsp3) is 0.250. The quantitative estimate of drug-likeness (QED) is 0.247. The van der Waals surface area contributed by atoms with Gasteiger partial charge in [-0.15, -0.1) is 11.3 Å². The molecule has 184 valence electrons. The summed E-state index contributed by atoms with van der Waals surface area (Å²) < 4.78 is 16.3. The van der Waals surface area contributed by atoms with Gasteiger partial charge in [-0.2, -0.15) is 5.26 Å². The summed E-state index contributed by atoms with van der Waals surface area (Å²) in [5, 5.41) is 12.9. The number of carbonyl (C=O) groups is 2. The van der Waals surface area contributed by atoms with Gasteiger partial charge in [0.15, 0.2) is 11.5 Å². The van der Waals surface area contributed by atoms with Gasteiger partial charge in [0.25, 0.3) is 5.91 Å². The average molecular weight is 503 g/mol. The monoisotopic (exact) mass is 502 g/mol. The fourth-order valence-corrected chi connectivity index (χ4v) is 5.36. The van der Waals surface area contributed by atoms with Gasteiger partial charge in [0.1, 0.15) is 23.3 Å². The predicted molar refractivity (Wildman–Crippen MR) is 138 cm³/mol. The number of amides is 1. The Morgan fingerprint density at radius 3 is 2.58 bits per heavy atom. The van der Waals surface area contributed by atoms with E-state index in [2.05, 4.69) is 5.32 Å². The maximum Gasteiger partial charge on any atom is 0.341 e. The third kappa shape index (κ3) is 5.58. The molecule has 0 fully saturated rings. The number of ether oxygens (including phenoxy) is 3. The molecule has 0 bridgehead atoms. The molecular formula is C28H26N2O5S. The molecule has 0 saturated carbocycles. The molecular weight excluding hydrogens is 476 g/mol. The van der Waals surface area contributed by atoms with Crippen molar-refractivity contribution in [3.8, 4) is 17.6 Å². The molecule has 0 atom stereocenters. The van der Waals surface area contributed by atoms with Crippen LogP contribution in [0.1, 0.15) is 44.8 Å². The Bertz CT molecular complexity index is 1340. The van der Waals surface area contributed by atoms with Crippen molar-refractivity contribution < 1.29 is 23.8 Å². The molecule has 0 spiro atoms. The van der Waals surface area contributed by atoms with E-state index in [4.69, 9.17) is 14.2 Å². The zero-order chi connectivity index (χ0) is 25.5. The maximum absolute atomic E-state index is 13.0. The summed E-state index contributed by atoms with van der Waals surface area (Å²) in [7, 11) is 2.85. The minimum atomic E-state index is -0.593. The van der Waals surface area contributed by atoms with Crippen molar-refractivity contribution in [3.63, 3.8) is 0 Å². The molecule has 1 aliphatic rings. The molecule has 1 N–H and O–H groups in total. The van der Waals surface area contributed by atoms with Gasteiger partial charge in [-0.1, -0.05) is 36.4 Å². The third-order valence-corrected chi connectivity index (χ3v) is 7.10. The molecule has 1 aliphatic carbocycles. The lowest BCUT2D eigenvalue weighted by molar-refractivity contribution is -0.112. The summed E-state index contributed by atoms with van der Waals surface area (Å²) in [6.07, 6.45) is 5.13. The van der Waals surface area contributed by atoms with Crippen LogP contribution in [0.25, 0.3) is 6.08 Å². The number of nitrogens with one attached hydrogen (secondary N) is 1. The highest BCUT2D eigenvalue weighted by atomic mass is 32.1. The molecule has 36 heavy (non-hydrogen) atoms. The van der Waals surface area contributed by atoms with Crippen molar-refractivity contribution in [3.05, 3.63) is 81.2 Å². The molecule has 4 rings (SSSR count). The average Bonchev–Trinajstić information content (AvgIpc) is 3.28. The van der Waals surface area contributed by atoms with Gasteiger partial charge in [0, 0.05) is 4.88 Å². The second kappa shape index (κ2) is 11.6. The number of fused-ring (bicyclic) bond motifs is 1. The van der Waals surface area contributed by atoms with Crippen molar-refractivity contribution in [1.29, 1.82) is 5.26 Å². The minimum Gasteiger partial charge on any atom is -0.493 e. The minimum absolute atomic E-state index is 0.0998. The van der Waals surface area contributed by atoms with E-state index in [0.29, 0.717) is 34.2 Å². The van der Waals surface area contributed by atoms with Crippen molar-refractivity contribution in [1.82, 2.24) is 0 Å². The lowest BCUT2D eigenvalue weighted by atomic mass is 9.95. The zero-order valence-electron chi connectivity index (χ0n) is 20.1. The van der Waals surface area contributed by atoms with E-state index in [1.54, 1.807) is 18.2 Å². The summed E-state index contributed by atoms with van der Waals surface area (Å²) in [6.45, 7) is 0.381. The predicted octanol–water partition coefficient (Wildman–Crippen LogP) is 5.55. The van der Waals surface area contributed by atoms with E-state index in [-0.39, 0.29) is 5.57 Å². The number of carbonyl (C=O) groups excluding carboxylic acids is 2. The highest BCUT2D eigenvalue weighted by Crippen LogP contribution is 2.39. The molecule has 7 nitrogen and oxygen atoms in total. The van der Waals surface area contributed by atoms with Crippen molar-refractivity contribution in [2.75, 3.05) is 19.5 Å². The molecule has 8 heteroatoms. The second-order valence-corrected chi connectivity index (χ2v) is 9.32. The summed E-state index contributed by atoms with van der Waals surface area (Å²) in [5.74, 6) is -0.0442. The first-order chi connectivity index (χ1) is 17.5. The summed E-state index contributed by atoms with van der Waals surface area (Å²) in [4.78, 5) is 26.5. The Labute approximate surface area is 213 Å². The van der Waals surface area contributed by atoms with Crippen LogP contribution in [0.15, 0.2) is 54.1 Å². The number of esters is 1. The van der Waals surface area contributed by atoms with E-state index in [0.717, 1.165) is 41.7 Å². The number of nitriles is 1. The standard InChI is InChI=1S/C28H26N2O5S/c1-33-23-15-19(12-13-22(23)35-17-18-8-4-3-5-9-18)14-20(16-29)26(31)30-27-25(28(32)34-2)21-10-6-7-11-24(21)36-27/h3-5,8-9,12-15H,6-7,10-11,17H2,1-2H3,(H,30,31). The van der Waals surface area contributed by atoms with Gasteiger partial charge in [0.05, 0.1) is 19.8 Å². The van der Waals surface area contributed by atoms with Crippen LogP contribution in [0.2, 0.25) is 0 Å². The maximum atomic E-state index is 13.0. The summed E-state index contributed by atoms with van der Waals surface area (Å²) in [6, 6.07) is 16.9.